The van der Waals surface area contributed by atoms with Crippen molar-refractivity contribution in [2.24, 2.45) is 0 Å². The van der Waals surface area contributed by atoms with Crippen molar-refractivity contribution in [1.82, 2.24) is 5.32 Å². The normalized spacial score (nSPS) is 12.5. The summed E-state index contributed by atoms with van der Waals surface area (Å²) in [5, 5.41) is 3.99. The lowest BCUT2D eigenvalue weighted by Crippen LogP contribution is -2.16. The Labute approximate surface area is 123 Å². The molecular formula is C15H18ClNOS. The summed E-state index contributed by atoms with van der Waals surface area (Å²) < 4.78 is 5.19. The van der Waals surface area contributed by atoms with Gasteiger partial charge in [-0.15, -0.1) is 11.3 Å². The monoisotopic (exact) mass is 295 g/mol. The Morgan fingerprint density at radius 3 is 2.47 bits per heavy atom. The van der Waals surface area contributed by atoms with Gasteiger partial charge in [-0.1, -0.05) is 17.7 Å². The molecule has 1 N–H and O–H groups in total. The molecule has 19 heavy (non-hydrogen) atoms. The molecule has 0 bridgehead atoms. The number of rotatable bonds is 4. The second kappa shape index (κ2) is 5.95. The second-order valence-electron chi connectivity index (χ2n) is 4.50. The highest BCUT2D eigenvalue weighted by Gasteiger charge is 2.16. The van der Waals surface area contributed by atoms with E-state index in [2.05, 4.69) is 31.3 Å². The first-order valence-electron chi connectivity index (χ1n) is 6.14. The molecule has 0 aliphatic rings. The number of thiophene rings is 1. The lowest BCUT2D eigenvalue weighted by Gasteiger charge is -2.16. The summed E-state index contributed by atoms with van der Waals surface area (Å²) in [6.07, 6.45) is 0. The van der Waals surface area contributed by atoms with Gasteiger partial charge in [0.15, 0.2) is 0 Å². The van der Waals surface area contributed by atoms with Gasteiger partial charge in [0, 0.05) is 9.75 Å². The fourth-order valence-corrected chi connectivity index (χ4v) is 3.53. The first-order chi connectivity index (χ1) is 9.06. The van der Waals surface area contributed by atoms with Gasteiger partial charge < -0.3 is 10.1 Å². The SMILES string of the molecule is CNC(c1ccc(OC)c(Cl)c1)c1cc(C)c(C)s1. The Kier molecular flexibility index (Phi) is 4.50. The van der Waals surface area contributed by atoms with E-state index in [1.807, 2.05) is 30.5 Å². The van der Waals surface area contributed by atoms with Crippen molar-refractivity contribution in [3.8, 4) is 5.75 Å². The van der Waals surface area contributed by atoms with Crippen molar-refractivity contribution in [1.29, 1.82) is 0 Å². The van der Waals surface area contributed by atoms with Gasteiger partial charge in [0.1, 0.15) is 5.75 Å². The zero-order chi connectivity index (χ0) is 14.0. The molecule has 2 rings (SSSR count). The number of hydrogen-bond donors (Lipinski definition) is 1. The van der Waals surface area contributed by atoms with Crippen LogP contribution in [0.2, 0.25) is 5.02 Å². The van der Waals surface area contributed by atoms with Gasteiger partial charge in [-0.25, -0.2) is 0 Å². The Morgan fingerprint density at radius 1 is 1.26 bits per heavy atom. The van der Waals surface area contributed by atoms with Gasteiger partial charge in [0.25, 0.3) is 0 Å². The minimum Gasteiger partial charge on any atom is -0.495 e. The summed E-state index contributed by atoms with van der Waals surface area (Å²) >= 11 is 8.03. The van der Waals surface area contributed by atoms with Crippen LogP contribution in [0, 0.1) is 13.8 Å². The maximum atomic E-state index is 6.21. The fourth-order valence-electron chi connectivity index (χ4n) is 2.08. The lowest BCUT2D eigenvalue weighted by atomic mass is 10.0. The van der Waals surface area contributed by atoms with Crippen LogP contribution in [0.25, 0.3) is 0 Å². The molecular weight excluding hydrogens is 278 g/mol. The maximum Gasteiger partial charge on any atom is 0.137 e. The first-order valence-corrected chi connectivity index (χ1v) is 7.34. The van der Waals surface area contributed by atoms with E-state index in [4.69, 9.17) is 16.3 Å². The van der Waals surface area contributed by atoms with Crippen LogP contribution < -0.4 is 10.1 Å². The van der Waals surface area contributed by atoms with Crippen molar-refractivity contribution in [3.05, 3.63) is 50.2 Å². The van der Waals surface area contributed by atoms with Gasteiger partial charge in [0.05, 0.1) is 18.2 Å². The van der Waals surface area contributed by atoms with E-state index in [1.54, 1.807) is 7.11 Å². The molecule has 1 atom stereocenters. The summed E-state index contributed by atoms with van der Waals surface area (Å²) in [5.74, 6) is 0.707. The molecule has 0 radical (unpaired) electrons. The zero-order valence-corrected chi connectivity index (χ0v) is 13.2. The summed E-state index contributed by atoms with van der Waals surface area (Å²) in [6.45, 7) is 4.29. The molecule has 4 heteroatoms. The first kappa shape index (κ1) is 14.4. The molecule has 102 valence electrons. The number of benzene rings is 1. The van der Waals surface area contributed by atoms with Gasteiger partial charge in [-0.05, 0) is 50.2 Å². The van der Waals surface area contributed by atoms with Gasteiger partial charge >= 0.3 is 0 Å². The van der Waals surface area contributed by atoms with Crippen molar-refractivity contribution in [2.75, 3.05) is 14.2 Å². The van der Waals surface area contributed by atoms with Crippen molar-refractivity contribution >= 4 is 22.9 Å². The van der Waals surface area contributed by atoms with Crippen molar-refractivity contribution in [3.63, 3.8) is 0 Å². The van der Waals surface area contributed by atoms with Crippen molar-refractivity contribution < 1.29 is 4.74 Å². The molecule has 0 aliphatic heterocycles. The molecule has 1 heterocycles. The van der Waals surface area contributed by atoms with Crippen LogP contribution in [0.3, 0.4) is 0 Å². The molecule has 1 aromatic heterocycles. The average Bonchev–Trinajstić information content (AvgIpc) is 2.70. The Balaban J connectivity index is 2.39. The standard InChI is InChI=1S/C15H18ClNOS/c1-9-7-14(19-10(9)2)15(17-3)11-5-6-13(18-4)12(16)8-11/h5-8,15,17H,1-4H3. The van der Waals surface area contributed by atoms with Crippen LogP contribution >= 0.6 is 22.9 Å². The highest BCUT2D eigenvalue weighted by atomic mass is 35.5. The summed E-state index contributed by atoms with van der Waals surface area (Å²) in [6, 6.07) is 8.33. The molecule has 0 aliphatic carbocycles. The second-order valence-corrected chi connectivity index (χ2v) is 6.20. The van der Waals surface area contributed by atoms with Crippen molar-refractivity contribution in [2.45, 2.75) is 19.9 Å². The Morgan fingerprint density at radius 2 is 2.00 bits per heavy atom. The Bertz CT molecular complexity index is 560. The van der Waals surface area contributed by atoms with E-state index in [0.717, 1.165) is 5.56 Å². The molecule has 0 saturated heterocycles. The van der Waals surface area contributed by atoms with Crippen LogP contribution in [0.15, 0.2) is 24.3 Å². The number of hydrogen-bond acceptors (Lipinski definition) is 3. The molecule has 0 spiro atoms. The number of methoxy groups -OCH3 is 1. The number of ether oxygens (including phenoxy) is 1. The highest BCUT2D eigenvalue weighted by Crippen LogP contribution is 2.34. The van der Waals surface area contributed by atoms with Gasteiger partial charge in [-0.3, -0.25) is 0 Å². The van der Waals surface area contributed by atoms with Gasteiger partial charge in [0.2, 0.25) is 0 Å². The Hall–Kier alpha value is -1.03. The summed E-state index contributed by atoms with van der Waals surface area (Å²) in [4.78, 5) is 2.66. The van der Waals surface area contributed by atoms with E-state index in [-0.39, 0.29) is 6.04 Å². The molecule has 1 unspecified atom stereocenters. The van der Waals surface area contributed by atoms with E-state index < -0.39 is 0 Å². The molecule has 0 fully saturated rings. The largest absolute Gasteiger partial charge is 0.495 e. The number of nitrogens with one attached hydrogen (secondary N) is 1. The maximum absolute atomic E-state index is 6.21. The van der Waals surface area contributed by atoms with E-state index in [9.17, 15) is 0 Å². The zero-order valence-electron chi connectivity index (χ0n) is 11.6. The number of aryl methyl sites for hydroxylation is 2. The minimum atomic E-state index is 0.167. The third kappa shape index (κ3) is 2.94. The predicted molar refractivity (Wildman–Crippen MR) is 82.7 cm³/mol. The highest BCUT2D eigenvalue weighted by molar-refractivity contribution is 7.12. The van der Waals surface area contributed by atoms with Crippen LogP contribution in [-0.2, 0) is 0 Å². The molecule has 0 amide bonds. The summed E-state index contributed by atoms with van der Waals surface area (Å²) in [5.41, 5.74) is 2.48. The quantitative estimate of drug-likeness (QED) is 0.906. The molecule has 2 nitrogen and oxygen atoms in total. The smallest absolute Gasteiger partial charge is 0.137 e. The summed E-state index contributed by atoms with van der Waals surface area (Å²) in [7, 11) is 3.59. The topological polar surface area (TPSA) is 21.3 Å². The van der Waals surface area contributed by atoms with E-state index >= 15 is 0 Å². The molecule has 1 aromatic carbocycles. The van der Waals surface area contributed by atoms with Crippen LogP contribution in [0.5, 0.6) is 5.75 Å². The number of halogens is 1. The lowest BCUT2D eigenvalue weighted by molar-refractivity contribution is 0.414. The van der Waals surface area contributed by atoms with E-state index in [1.165, 1.54) is 15.3 Å². The van der Waals surface area contributed by atoms with Gasteiger partial charge in [-0.2, -0.15) is 0 Å². The van der Waals surface area contributed by atoms with Crippen LogP contribution in [-0.4, -0.2) is 14.2 Å². The van der Waals surface area contributed by atoms with Crippen LogP contribution in [0.4, 0.5) is 0 Å². The third-order valence-electron chi connectivity index (χ3n) is 3.27. The molecule has 2 aromatic rings. The molecule has 0 saturated carbocycles. The average molecular weight is 296 g/mol. The minimum absolute atomic E-state index is 0.167. The van der Waals surface area contributed by atoms with E-state index in [0.29, 0.717) is 10.8 Å². The third-order valence-corrected chi connectivity index (χ3v) is 4.78. The predicted octanol–water partition coefficient (Wildman–Crippen LogP) is 4.34. The van der Waals surface area contributed by atoms with Crippen LogP contribution in [0.1, 0.15) is 26.9 Å². The fraction of sp³-hybridized carbons (Fsp3) is 0.333.